The second kappa shape index (κ2) is 8.77. The van der Waals surface area contributed by atoms with Crippen molar-refractivity contribution in [1.29, 1.82) is 0 Å². The normalized spacial score (nSPS) is 15.5. The summed E-state index contributed by atoms with van der Waals surface area (Å²) in [5.41, 5.74) is 9.30. The van der Waals surface area contributed by atoms with Crippen molar-refractivity contribution < 1.29 is 8.42 Å². The van der Waals surface area contributed by atoms with Gasteiger partial charge < -0.3 is 21.0 Å². The molecule has 3 aromatic heterocycles. The van der Waals surface area contributed by atoms with Crippen LogP contribution in [-0.2, 0) is 22.7 Å². The Morgan fingerprint density at radius 3 is 2.76 bits per heavy atom. The largest absolute Gasteiger partial charge is 0.361 e. The molecule has 0 atom stereocenters. The molecule has 1 aliphatic rings. The van der Waals surface area contributed by atoms with Gasteiger partial charge in [0.2, 0.25) is 0 Å². The zero-order valence-electron chi connectivity index (χ0n) is 18.3. The number of H-pyrrole nitrogens is 2. The van der Waals surface area contributed by atoms with Crippen LogP contribution in [-0.4, -0.2) is 58.6 Å². The minimum atomic E-state index is -3.16. The Kier molecular flexibility index (Phi) is 5.81. The summed E-state index contributed by atoms with van der Waals surface area (Å²) in [7, 11) is -3.16. The topological polar surface area (TPSA) is 139 Å². The molecule has 5 N–H and O–H groups in total. The molecule has 0 unspecified atom stereocenters. The first-order valence-corrected chi connectivity index (χ1v) is 13.0. The van der Waals surface area contributed by atoms with Gasteiger partial charge in [0.1, 0.15) is 5.65 Å². The summed E-state index contributed by atoms with van der Waals surface area (Å²) in [6, 6.07) is 7.67. The summed E-state index contributed by atoms with van der Waals surface area (Å²) in [4.78, 5) is 23.3. The van der Waals surface area contributed by atoms with E-state index in [1.54, 1.807) is 6.20 Å². The molecule has 0 aliphatic carbocycles. The van der Waals surface area contributed by atoms with Crippen molar-refractivity contribution in [3.8, 4) is 5.69 Å². The van der Waals surface area contributed by atoms with Crippen molar-refractivity contribution in [3.63, 3.8) is 0 Å². The average molecular weight is 469 g/mol. The Morgan fingerprint density at radius 1 is 1.15 bits per heavy atom. The van der Waals surface area contributed by atoms with Gasteiger partial charge in [-0.05, 0) is 62.7 Å². The lowest BCUT2D eigenvalue weighted by Gasteiger charge is -2.22. The molecule has 33 heavy (non-hydrogen) atoms. The summed E-state index contributed by atoms with van der Waals surface area (Å²) in [6.07, 6.45) is 6.17. The molecule has 174 valence electrons. The van der Waals surface area contributed by atoms with E-state index in [0.29, 0.717) is 37.1 Å². The first-order chi connectivity index (χ1) is 15.9. The number of nitrogens with one attached hydrogen (secondary N) is 3. The van der Waals surface area contributed by atoms with Crippen molar-refractivity contribution >= 4 is 31.8 Å². The van der Waals surface area contributed by atoms with Crippen molar-refractivity contribution in [3.05, 3.63) is 58.4 Å². The monoisotopic (exact) mass is 468 g/mol. The molecule has 0 amide bonds. The van der Waals surface area contributed by atoms with E-state index in [-0.39, 0.29) is 11.0 Å². The van der Waals surface area contributed by atoms with Gasteiger partial charge in [-0.2, -0.15) is 4.98 Å². The fourth-order valence-corrected chi connectivity index (χ4v) is 6.42. The highest BCUT2D eigenvalue weighted by molar-refractivity contribution is 7.92. The van der Waals surface area contributed by atoms with E-state index in [0.717, 1.165) is 47.1 Å². The molecule has 4 heterocycles. The Morgan fingerprint density at radius 2 is 1.97 bits per heavy atom. The maximum atomic E-state index is 12.7. The first-order valence-electron chi connectivity index (χ1n) is 11.3. The SMILES string of the molecule is NCCc1c[nH]c2cc(-n3cc4cc(CCS(=O)(=O)C5CCNCC5)[nH]c4nc3=O)ccc12. The van der Waals surface area contributed by atoms with Gasteiger partial charge in [-0.15, -0.1) is 0 Å². The number of benzene rings is 1. The molecule has 4 aromatic rings. The molecule has 0 spiro atoms. The van der Waals surface area contributed by atoms with Gasteiger partial charge in [0.25, 0.3) is 0 Å². The van der Waals surface area contributed by atoms with Crippen molar-refractivity contribution in [2.45, 2.75) is 30.9 Å². The number of hydrogen-bond acceptors (Lipinski definition) is 6. The molecular weight excluding hydrogens is 440 g/mol. The van der Waals surface area contributed by atoms with E-state index < -0.39 is 15.5 Å². The van der Waals surface area contributed by atoms with E-state index in [1.165, 1.54) is 4.57 Å². The number of aryl methyl sites for hydroxylation is 1. The number of sulfone groups is 1. The summed E-state index contributed by atoms with van der Waals surface area (Å²) < 4.78 is 26.9. The summed E-state index contributed by atoms with van der Waals surface area (Å²) in [5, 5.41) is 4.78. The molecule has 10 heteroatoms. The van der Waals surface area contributed by atoms with Crippen LogP contribution in [0.2, 0.25) is 0 Å². The maximum absolute atomic E-state index is 12.7. The van der Waals surface area contributed by atoms with Gasteiger partial charge in [0, 0.05) is 40.8 Å². The van der Waals surface area contributed by atoms with Gasteiger partial charge in [-0.3, -0.25) is 4.57 Å². The Bertz CT molecular complexity index is 1460. The van der Waals surface area contributed by atoms with E-state index >= 15 is 0 Å². The van der Waals surface area contributed by atoms with Crippen LogP contribution in [0.15, 0.2) is 41.5 Å². The lowest BCUT2D eigenvalue weighted by molar-refractivity contribution is 0.496. The van der Waals surface area contributed by atoms with Crippen LogP contribution in [0.5, 0.6) is 0 Å². The minimum absolute atomic E-state index is 0.0867. The summed E-state index contributed by atoms with van der Waals surface area (Å²) in [6.45, 7) is 2.06. The molecule has 1 saturated heterocycles. The highest BCUT2D eigenvalue weighted by Gasteiger charge is 2.27. The molecule has 0 radical (unpaired) electrons. The highest BCUT2D eigenvalue weighted by Crippen LogP contribution is 2.22. The number of aromatic nitrogens is 4. The van der Waals surface area contributed by atoms with Crippen molar-refractivity contribution in [1.82, 2.24) is 24.8 Å². The molecule has 1 aromatic carbocycles. The number of aromatic amines is 2. The number of piperidine rings is 1. The molecule has 0 saturated carbocycles. The van der Waals surface area contributed by atoms with Crippen LogP contribution in [0.1, 0.15) is 24.1 Å². The Balaban J connectivity index is 1.40. The Labute approximate surface area is 191 Å². The van der Waals surface area contributed by atoms with Crippen molar-refractivity contribution in [2.75, 3.05) is 25.4 Å². The number of fused-ring (bicyclic) bond motifs is 2. The van der Waals surface area contributed by atoms with E-state index in [9.17, 15) is 13.2 Å². The van der Waals surface area contributed by atoms with Crippen LogP contribution in [0.3, 0.4) is 0 Å². The van der Waals surface area contributed by atoms with Gasteiger partial charge in [-0.1, -0.05) is 6.07 Å². The lowest BCUT2D eigenvalue weighted by Crippen LogP contribution is -2.37. The smallest absolute Gasteiger partial charge is 0.354 e. The van der Waals surface area contributed by atoms with Gasteiger partial charge in [0.15, 0.2) is 9.84 Å². The average Bonchev–Trinajstić information content (AvgIpc) is 3.41. The quantitative estimate of drug-likeness (QED) is 0.323. The molecular formula is C23H28N6O3S. The lowest BCUT2D eigenvalue weighted by atomic mass is 10.1. The first kappa shape index (κ1) is 21.9. The number of nitrogens with two attached hydrogens (primary N) is 1. The second-order valence-electron chi connectivity index (χ2n) is 8.64. The van der Waals surface area contributed by atoms with E-state index in [4.69, 9.17) is 5.73 Å². The minimum Gasteiger partial charge on any atom is -0.361 e. The standard InChI is InChI=1S/C23H28N6O3S/c24-7-3-15-13-26-21-12-18(1-2-20(15)21)29-14-16-11-17(27-22(16)28-23(29)30)6-10-33(31,32)19-4-8-25-9-5-19/h1-2,11-14,19,25-26H,3-10,24H2,(H,27,28,30). The van der Waals surface area contributed by atoms with Crippen LogP contribution in [0.25, 0.3) is 27.6 Å². The number of rotatable bonds is 7. The number of nitrogens with zero attached hydrogens (tertiary/aromatic N) is 2. The predicted octanol–water partition coefficient (Wildman–Crippen LogP) is 1.41. The zero-order valence-corrected chi connectivity index (χ0v) is 19.1. The third-order valence-electron chi connectivity index (χ3n) is 6.46. The van der Waals surface area contributed by atoms with Crippen LogP contribution in [0.4, 0.5) is 0 Å². The maximum Gasteiger partial charge on any atom is 0.354 e. The third kappa shape index (κ3) is 4.33. The number of hydrogen-bond donors (Lipinski definition) is 4. The van der Waals surface area contributed by atoms with Crippen LogP contribution in [0, 0.1) is 0 Å². The summed E-state index contributed by atoms with van der Waals surface area (Å²) in [5.74, 6) is 0.0867. The molecule has 1 aliphatic heterocycles. The molecule has 0 bridgehead atoms. The Hall–Kier alpha value is -2.95. The van der Waals surface area contributed by atoms with Gasteiger partial charge in [-0.25, -0.2) is 13.2 Å². The van der Waals surface area contributed by atoms with E-state index in [1.807, 2.05) is 30.5 Å². The van der Waals surface area contributed by atoms with Gasteiger partial charge >= 0.3 is 5.69 Å². The van der Waals surface area contributed by atoms with E-state index in [2.05, 4.69) is 20.3 Å². The van der Waals surface area contributed by atoms with Crippen LogP contribution >= 0.6 is 0 Å². The zero-order chi connectivity index (χ0) is 23.0. The third-order valence-corrected chi connectivity index (χ3v) is 8.72. The fraction of sp³-hybridized carbons (Fsp3) is 0.391. The van der Waals surface area contributed by atoms with Gasteiger partial charge in [0.05, 0.1) is 16.7 Å². The van der Waals surface area contributed by atoms with Crippen molar-refractivity contribution in [2.24, 2.45) is 5.73 Å². The molecule has 9 nitrogen and oxygen atoms in total. The fourth-order valence-electron chi connectivity index (χ4n) is 4.63. The molecule has 5 rings (SSSR count). The molecule has 1 fully saturated rings. The second-order valence-corrected chi connectivity index (χ2v) is 11.0. The predicted molar refractivity (Wildman–Crippen MR) is 130 cm³/mol. The summed E-state index contributed by atoms with van der Waals surface area (Å²) >= 11 is 0. The highest BCUT2D eigenvalue weighted by atomic mass is 32.2. The van der Waals surface area contributed by atoms with Crippen LogP contribution < -0.4 is 16.7 Å².